The number of nitrogen functional groups attached to an aromatic ring is 1. The van der Waals surface area contributed by atoms with E-state index in [0.717, 1.165) is 0 Å². The van der Waals surface area contributed by atoms with Gasteiger partial charge < -0.3 is 5.73 Å². The number of hydrogen-bond acceptors (Lipinski definition) is 2. The van der Waals surface area contributed by atoms with Crippen molar-refractivity contribution in [1.82, 2.24) is 4.98 Å². The summed E-state index contributed by atoms with van der Waals surface area (Å²) in [5.41, 5.74) is 2.51. The Kier molecular flexibility index (Phi) is 3.03. The van der Waals surface area contributed by atoms with Crippen molar-refractivity contribution < 1.29 is 22.0 Å². The molecular formula is C7H4ClF5N2. The van der Waals surface area contributed by atoms with Crippen LogP contribution in [-0.4, -0.2) is 4.98 Å². The number of rotatable bonds is 1. The lowest BCUT2D eigenvalue weighted by Gasteiger charge is -2.11. The zero-order chi connectivity index (χ0) is 11.8. The third-order valence-corrected chi connectivity index (χ3v) is 1.88. The summed E-state index contributed by atoms with van der Waals surface area (Å²) in [5.74, 6) is -0.920. The summed E-state index contributed by atoms with van der Waals surface area (Å²) in [6.45, 7) is 0. The maximum Gasteiger partial charge on any atom is 0.419 e. The van der Waals surface area contributed by atoms with Crippen LogP contribution in [0.2, 0.25) is 5.15 Å². The zero-order valence-electron chi connectivity index (χ0n) is 6.95. The topological polar surface area (TPSA) is 38.9 Å². The second kappa shape index (κ2) is 3.80. The molecule has 0 fully saturated rings. The average Bonchev–Trinajstić information content (AvgIpc) is 2.00. The summed E-state index contributed by atoms with van der Waals surface area (Å²) < 4.78 is 61.0. The Morgan fingerprint density at radius 3 is 2.27 bits per heavy atom. The number of nitrogens with two attached hydrogens (primary N) is 1. The summed E-state index contributed by atoms with van der Waals surface area (Å²) >= 11 is 5.21. The van der Waals surface area contributed by atoms with E-state index in [2.05, 4.69) is 4.98 Å². The number of alkyl halides is 5. The highest BCUT2D eigenvalue weighted by atomic mass is 35.5. The van der Waals surface area contributed by atoms with Gasteiger partial charge in [0.05, 0.1) is 11.1 Å². The van der Waals surface area contributed by atoms with Crippen molar-refractivity contribution in [2.45, 2.75) is 12.6 Å². The van der Waals surface area contributed by atoms with E-state index in [1.165, 1.54) is 0 Å². The van der Waals surface area contributed by atoms with Crippen LogP contribution in [-0.2, 0) is 6.18 Å². The molecule has 0 bridgehead atoms. The minimum absolute atomic E-state index is 0.204. The van der Waals surface area contributed by atoms with Crippen LogP contribution in [0.4, 0.5) is 27.8 Å². The second-order valence-electron chi connectivity index (χ2n) is 2.60. The number of pyridine rings is 1. The van der Waals surface area contributed by atoms with Gasteiger partial charge in [-0.15, -0.1) is 0 Å². The minimum Gasteiger partial charge on any atom is -0.383 e. The van der Waals surface area contributed by atoms with Gasteiger partial charge in [-0.2, -0.15) is 13.2 Å². The zero-order valence-corrected chi connectivity index (χ0v) is 7.70. The van der Waals surface area contributed by atoms with Gasteiger partial charge in [-0.3, -0.25) is 0 Å². The molecule has 84 valence electrons. The quantitative estimate of drug-likeness (QED) is 0.610. The molecular weight excluding hydrogens is 243 g/mol. The fourth-order valence-electron chi connectivity index (χ4n) is 0.900. The fourth-order valence-corrected chi connectivity index (χ4v) is 1.13. The van der Waals surface area contributed by atoms with Crippen LogP contribution in [0.5, 0.6) is 0 Å². The standard InChI is InChI=1S/C7H4ClF5N2/c8-4-2(5(9)10)1-3(6(14)15-4)7(11,12)13/h1,5H,(H2,14,15). The van der Waals surface area contributed by atoms with Gasteiger partial charge in [0.2, 0.25) is 0 Å². The summed E-state index contributed by atoms with van der Waals surface area (Å²) in [4.78, 5) is 3.00. The lowest BCUT2D eigenvalue weighted by atomic mass is 10.2. The molecule has 1 rings (SSSR count). The van der Waals surface area contributed by atoms with Gasteiger partial charge >= 0.3 is 6.18 Å². The van der Waals surface area contributed by atoms with Crippen molar-refractivity contribution in [3.05, 3.63) is 22.3 Å². The van der Waals surface area contributed by atoms with Gasteiger partial charge in [-0.25, -0.2) is 13.8 Å². The van der Waals surface area contributed by atoms with Crippen LogP contribution < -0.4 is 5.73 Å². The highest BCUT2D eigenvalue weighted by Crippen LogP contribution is 2.37. The largest absolute Gasteiger partial charge is 0.419 e. The molecule has 0 atom stereocenters. The van der Waals surface area contributed by atoms with Crippen molar-refractivity contribution in [3.63, 3.8) is 0 Å². The number of nitrogens with zero attached hydrogens (tertiary/aromatic N) is 1. The SMILES string of the molecule is Nc1nc(Cl)c(C(F)F)cc1C(F)(F)F. The molecule has 1 heterocycles. The van der Waals surface area contributed by atoms with E-state index in [4.69, 9.17) is 17.3 Å². The van der Waals surface area contributed by atoms with Crippen LogP contribution >= 0.6 is 11.6 Å². The smallest absolute Gasteiger partial charge is 0.383 e. The second-order valence-corrected chi connectivity index (χ2v) is 2.96. The number of anilines is 1. The Morgan fingerprint density at radius 2 is 1.87 bits per heavy atom. The first kappa shape index (κ1) is 12.0. The molecule has 1 aromatic heterocycles. The van der Waals surface area contributed by atoms with E-state index in [9.17, 15) is 22.0 Å². The summed E-state index contributed by atoms with van der Waals surface area (Å²) in [5, 5.41) is -0.726. The average molecular weight is 247 g/mol. The Labute approximate surface area is 85.9 Å². The summed E-state index contributed by atoms with van der Waals surface area (Å²) in [7, 11) is 0. The van der Waals surface area contributed by atoms with E-state index in [1.807, 2.05) is 0 Å². The van der Waals surface area contributed by atoms with Crippen LogP contribution in [0, 0.1) is 0 Å². The molecule has 0 aromatic carbocycles. The van der Waals surface area contributed by atoms with Crippen molar-refractivity contribution >= 4 is 17.4 Å². The van der Waals surface area contributed by atoms with Gasteiger partial charge in [0.25, 0.3) is 6.43 Å². The molecule has 0 aliphatic rings. The molecule has 1 aromatic rings. The van der Waals surface area contributed by atoms with E-state index in [-0.39, 0.29) is 6.07 Å². The molecule has 2 N–H and O–H groups in total. The van der Waals surface area contributed by atoms with Gasteiger partial charge in [0, 0.05) is 0 Å². The lowest BCUT2D eigenvalue weighted by Crippen LogP contribution is -2.11. The molecule has 0 radical (unpaired) electrons. The van der Waals surface area contributed by atoms with Gasteiger partial charge in [-0.1, -0.05) is 11.6 Å². The summed E-state index contributed by atoms with van der Waals surface area (Å²) in [6.07, 6.45) is -7.96. The Balaban J connectivity index is 3.37. The molecule has 0 amide bonds. The lowest BCUT2D eigenvalue weighted by molar-refractivity contribution is -0.137. The van der Waals surface area contributed by atoms with Gasteiger partial charge in [0.15, 0.2) is 0 Å². The third-order valence-electron chi connectivity index (χ3n) is 1.57. The van der Waals surface area contributed by atoms with Gasteiger partial charge in [-0.05, 0) is 6.07 Å². The fraction of sp³-hybridized carbons (Fsp3) is 0.286. The maximum absolute atomic E-state index is 12.2. The van der Waals surface area contributed by atoms with Crippen LogP contribution in [0.1, 0.15) is 17.6 Å². The van der Waals surface area contributed by atoms with Crippen molar-refractivity contribution in [1.29, 1.82) is 0 Å². The Bertz CT molecular complexity index is 376. The van der Waals surface area contributed by atoms with E-state index in [0.29, 0.717) is 0 Å². The van der Waals surface area contributed by atoms with Crippen LogP contribution in [0.15, 0.2) is 6.07 Å². The molecule has 2 nitrogen and oxygen atoms in total. The normalized spacial score (nSPS) is 12.2. The van der Waals surface area contributed by atoms with Crippen molar-refractivity contribution in [2.24, 2.45) is 0 Å². The maximum atomic E-state index is 12.2. The summed E-state index contributed by atoms with van der Waals surface area (Å²) in [6, 6.07) is 0.204. The third kappa shape index (κ3) is 2.47. The molecule has 0 aliphatic carbocycles. The number of aromatic nitrogens is 1. The Hall–Kier alpha value is -1.11. The highest BCUT2D eigenvalue weighted by Gasteiger charge is 2.35. The highest BCUT2D eigenvalue weighted by molar-refractivity contribution is 6.30. The first-order chi connectivity index (χ1) is 6.73. The number of hydrogen-bond donors (Lipinski definition) is 1. The first-order valence-corrected chi connectivity index (χ1v) is 3.92. The first-order valence-electron chi connectivity index (χ1n) is 3.54. The van der Waals surface area contributed by atoms with Crippen molar-refractivity contribution in [3.8, 4) is 0 Å². The van der Waals surface area contributed by atoms with E-state index < -0.39 is 34.7 Å². The molecule has 0 spiro atoms. The molecule has 0 saturated carbocycles. The molecule has 0 saturated heterocycles. The molecule has 15 heavy (non-hydrogen) atoms. The molecule has 0 aliphatic heterocycles. The van der Waals surface area contributed by atoms with Crippen LogP contribution in [0.3, 0.4) is 0 Å². The van der Waals surface area contributed by atoms with E-state index >= 15 is 0 Å². The van der Waals surface area contributed by atoms with Crippen molar-refractivity contribution in [2.75, 3.05) is 5.73 Å². The van der Waals surface area contributed by atoms with Crippen LogP contribution in [0.25, 0.3) is 0 Å². The predicted octanol–water partition coefficient (Wildman–Crippen LogP) is 3.27. The van der Waals surface area contributed by atoms with Gasteiger partial charge in [0.1, 0.15) is 11.0 Å². The molecule has 0 unspecified atom stereocenters. The number of halogens is 6. The Morgan fingerprint density at radius 1 is 1.33 bits per heavy atom. The minimum atomic E-state index is -4.83. The van der Waals surface area contributed by atoms with E-state index in [1.54, 1.807) is 0 Å². The monoisotopic (exact) mass is 246 g/mol. The predicted molar refractivity (Wildman–Crippen MR) is 43.6 cm³/mol. The molecule has 8 heteroatoms.